The average Bonchev–Trinajstić information content (AvgIpc) is 3.04. The standard InChI is InChI=1S/C18H22N4O5/c1-20-14-3-2-12(16(23)22-6-9-27-15(11-22)17(24)25)10-13(14)19-18(20)21-4-7-26-8-5-21/h2-3,10,15H,4-9,11H2,1H3,(H,24,25)/t15-/m1/s1. The first-order valence-electron chi connectivity index (χ1n) is 8.97. The van der Waals surface area contributed by atoms with Gasteiger partial charge in [-0.15, -0.1) is 0 Å². The quantitative estimate of drug-likeness (QED) is 0.827. The van der Waals surface area contributed by atoms with Crippen LogP contribution in [-0.2, 0) is 21.3 Å². The van der Waals surface area contributed by atoms with E-state index in [1.807, 2.05) is 17.7 Å². The van der Waals surface area contributed by atoms with E-state index >= 15 is 0 Å². The largest absolute Gasteiger partial charge is 0.479 e. The fraction of sp³-hybridized carbons (Fsp3) is 0.500. The summed E-state index contributed by atoms with van der Waals surface area (Å²) < 4.78 is 12.6. The second kappa shape index (κ2) is 7.16. The minimum absolute atomic E-state index is 0.0491. The van der Waals surface area contributed by atoms with Gasteiger partial charge in [0, 0.05) is 32.2 Å². The smallest absolute Gasteiger partial charge is 0.334 e. The average molecular weight is 374 g/mol. The molecule has 0 unspecified atom stereocenters. The van der Waals surface area contributed by atoms with E-state index in [1.54, 1.807) is 12.1 Å². The summed E-state index contributed by atoms with van der Waals surface area (Å²) in [5, 5.41) is 9.12. The molecule has 144 valence electrons. The number of hydrogen-bond donors (Lipinski definition) is 1. The molecular weight excluding hydrogens is 352 g/mol. The number of carboxylic acids is 1. The van der Waals surface area contributed by atoms with Crippen LogP contribution in [0.1, 0.15) is 10.4 Å². The van der Waals surface area contributed by atoms with Crippen molar-refractivity contribution in [3.8, 4) is 0 Å². The van der Waals surface area contributed by atoms with Crippen molar-refractivity contribution in [2.24, 2.45) is 7.05 Å². The van der Waals surface area contributed by atoms with Crippen molar-refractivity contribution < 1.29 is 24.2 Å². The molecule has 4 rings (SSSR count). The number of fused-ring (bicyclic) bond motifs is 1. The summed E-state index contributed by atoms with van der Waals surface area (Å²) in [6.45, 7) is 3.56. The van der Waals surface area contributed by atoms with Crippen molar-refractivity contribution in [1.29, 1.82) is 0 Å². The van der Waals surface area contributed by atoms with E-state index in [1.165, 1.54) is 4.90 Å². The SMILES string of the molecule is Cn1c(N2CCOCC2)nc2cc(C(=O)N3CCO[C@@H](C(=O)O)C3)ccc21. The van der Waals surface area contributed by atoms with Crippen molar-refractivity contribution in [1.82, 2.24) is 14.5 Å². The minimum atomic E-state index is -1.05. The number of hydrogen-bond acceptors (Lipinski definition) is 6. The maximum absolute atomic E-state index is 12.8. The summed E-state index contributed by atoms with van der Waals surface area (Å²) in [5.74, 6) is -0.400. The van der Waals surface area contributed by atoms with Crippen molar-refractivity contribution >= 4 is 28.9 Å². The molecule has 27 heavy (non-hydrogen) atoms. The molecule has 2 saturated heterocycles. The van der Waals surface area contributed by atoms with E-state index in [9.17, 15) is 9.59 Å². The van der Waals surface area contributed by atoms with Crippen LogP contribution in [0, 0.1) is 0 Å². The lowest BCUT2D eigenvalue weighted by Crippen LogP contribution is -2.48. The van der Waals surface area contributed by atoms with Crippen molar-refractivity contribution in [2.45, 2.75) is 6.10 Å². The Kier molecular flexibility index (Phi) is 4.71. The second-order valence-corrected chi connectivity index (χ2v) is 6.72. The van der Waals surface area contributed by atoms with Gasteiger partial charge in [-0.3, -0.25) is 4.79 Å². The maximum atomic E-state index is 12.8. The maximum Gasteiger partial charge on any atom is 0.334 e. The Morgan fingerprint density at radius 3 is 2.70 bits per heavy atom. The van der Waals surface area contributed by atoms with Gasteiger partial charge in [0.25, 0.3) is 5.91 Å². The number of aliphatic carboxylic acids is 1. The fourth-order valence-corrected chi connectivity index (χ4v) is 3.53. The Bertz CT molecular complexity index is 874. The van der Waals surface area contributed by atoms with Crippen molar-refractivity contribution in [3.63, 3.8) is 0 Å². The van der Waals surface area contributed by atoms with Crippen LogP contribution in [-0.4, -0.2) is 83.5 Å². The zero-order chi connectivity index (χ0) is 19.0. The Morgan fingerprint density at radius 1 is 1.19 bits per heavy atom. The molecule has 0 aliphatic carbocycles. The van der Waals surface area contributed by atoms with Gasteiger partial charge in [0.1, 0.15) is 0 Å². The number of amides is 1. The molecule has 0 bridgehead atoms. The van der Waals surface area contributed by atoms with Crippen LogP contribution in [0.15, 0.2) is 18.2 Å². The normalized spacial score (nSPS) is 20.9. The van der Waals surface area contributed by atoms with Gasteiger partial charge in [0.2, 0.25) is 5.95 Å². The second-order valence-electron chi connectivity index (χ2n) is 6.72. The van der Waals surface area contributed by atoms with Gasteiger partial charge in [-0.1, -0.05) is 0 Å². The van der Waals surface area contributed by atoms with Gasteiger partial charge in [-0.2, -0.15) is 0 Å². The van der Waals surface area contributed by atoms with Gasteiger partial charge >= 0.3 is 5.97 Å². The lowest BCUT2D eigenvalue weighted by molar-refractivity contribution is -0.154. The van der Waals surface area contributed by atoms with Crippen LogP contribution < -0.4 is 4.90 Å². The molecule has 3 heterocycles. The van der Waals surface area contributed by atoms with Crippen LogP contribution in [0.4, 0.5) is 5.95 Å². The molecule has 0 spiro atoms. The number of rotatable bonds is 3. The molecule has 2 aliphatic rings. The molecule has 0 radical (unpaired) electrons. The molecule has 1 amide bonds. The topological polar surface area (TPSA) is 97.1 Å². The Hall–Kier alpha value is -2.65. The van der Waals surface area contributed by atoms with E-state index in [0.29, 0.717) is 25.3 Å². The number of ether oxygens (including phenoxy) is 2. The third kappa shape index (κ3) is 3.35. The molecule has 1 N–H and O–H groups in total. The van der Waals surface area contributed by atoms with Crippen LogP contribution >= 0.6 is 0 Å². The molecule has 1 aromatic heterocycles. The first kappa shape index (κ1) is 17.7. The highest BCUT2D eigenvalue weighted by molar-refractivity contribution is 5.98. The van der Waals surface area contributed by atoms with Gasteiger partial charge in [0.05, 0.1) is 37.4 Å². The highest BCUT2D eigenvalue weighted by Gasteiger charge is 2.29. The zero-order valence-electron chi connectivity index (χ0n) is 15.1. The van der Waals surface area contributed by atoms with Crippen LogP contribution in [0.3, 0.4) is 0 Å². The molecule has 1 aromatic carbocycles. The van der Waals surface area contributed by atoms with Crippen LogP contribution in [0.5, 0.6) is 0 Å². The van der Waals surface area contributed by atoms with E-state index in [4.69, 9.17) is 19.6 Å². The summed E-state index contributed by atoms with van der Waals surface area (Å²) in [7, 11) is 1.96. The number of carbonyl (C=O) groups excluding carboxylic acids is 1. The highest BCUT2D eigenvalue weighted by atomic mass is 16.5. The molecule has 0 saturated carbocycles. The summed E-state index contributed by atoms with van der Waals surface area (Å²) in [5.41, 5.74) is 2.19. The number of aromatic nitrogens is 2. The van der Waals surface area contributed by atoms with E-state index in [2.05, 4.69) is 4.90 Å². The van der Waals surface area contributed by atoms with Gasteiger partial charge in [0.15, 0.2) is 6.10 Å². The van der Waals surface area contributed by atoms with Crippen LogP contribution in [0.25, 0.3) is 11.0 Å². The number of imidazole rings is 1. The van der Waals surface area contributed by atoms with Gasteiger partial charge < -0.3 is 28.9 Å². The summed E-state index contributed by atoms with van der Waals surface area (Å²) in [6.07, 6.45) is -0.978. The highest BCUT2D eigenvalue weighted by Crippen LogP contribution is 2.24. The van der Waals surface area contributed by atoms with Crippen molar-refractivity contribution in [3.05, 3.63) is 23.8 Å². The Balaban J connectivity index is 1.59. The first-order valence-corrected chi connectivity index (χ1v) is 8.97. The van der Waals surface area contributed by atoms with Gasteiger partial charge in [-0.25, -0.2) is 9.78 Å². The number of nitrogens with zero attached hydrogens (tertiary/aromatic N) is 4. The molecule has 2 fully saturated rings. The monoisotopic (exact) mass is 374 g/mol. The third-order valence-corrected chi connectivity index (χ3v) is 5.03. The summed E-state index contributed by atoms with van der Waals surface area (Å²) in [6, 6.07) is 5.42. The predicted molar refractivity (Wildman–Crippen MR) is 97.0 cm³/mol. The number of anilines is 1. The fourth-order valence-electron chi connectivity index (χ4n) is 3.53. The Morgan fingerprint density at radius 2 is 1.96 bits per heavy atom. The number of carbonyl (C=O) groups is 2. The number of morpholine rings is 2. The zero-order valence-corrected chi connectivity index (χ0v) is 15.1. The summed E-state index contributed by atoms with van der Waals surface area (Å²) >= 11 is 0. The summed E-state index contributed by atoms with van der Waals surface area (Å²) in [4.78, 5) is 32.4. The Labute approximate surface area is 156 Å². The molecule has 9 heteroatoms. The van der Waals surface area contributed by atoms with E-state index < -0.39 is 12.1 Å². The predicted octanol–water partition coefficient (Wildman–Crippen LogP) is 0.336. The minimum Gasteiger partial charge on any atom is -0.479 e. The third-order valence-electron chi connectivity index (χ3n) is 5.03. The lowest BCUT2D eigenvalue weighted by Gasteiger charge is -2.30. The van der Waals surface area contributed by atoms with Gasteiger partial charge in [-0.05, 0) is 18.2 Å². The molecule has 9 nitrogen and oxygen atoms in total. The number of benzene rings is 1. The number of carboxylic acid groups (broad SMARTS) is 1. The molecular formula is C18H22N4O5. The molecule has 1 atom stereocenters. The molecule has 2 aliphatic heterocycles. The number of aryl methyl sites for hydroxylation is 1. The molecule has 2 aromatic rings. The van der Waals surface area contributed by atoms with Crippen molar-refractivity contribution in [2.75, 3.05) is 50.9 Å². The van der Waals surface area contributed by atoms with Crippen LogP contribution in [0.2, 0.25) is 0 Å². The first-order chi connectivity index (χ1) is 13.0. The van der Waals surface area contributed by atoms with E-state index in [-0.39, 0.29) is 19.1 Å². The lowest BCUT2D eigenvalue weighted by atomic mass is 10.1. The van der Waals surface area contributed by atoms with E-state index in [0.717, 1.165) is 30.1 Å².